The van der Waals surface area contributed by atoms with Crippen LogP contribution in [0.15, 0.2) is 42.2 Å². The van der Waals surface area contributed by atoms with Crippen molar-refractivity contribution >= 4 is 35.3 Å². The average Bonchev–Trinajstić information content (AvgIpc) is 3.52. The number of aryl methyl sites for hydroxylation is 1. The van der Waals surface area contributed by atoms with Gasteiger partial charge < -0.3 is 19.9 Å². The third kappa shape index (κ3) is 5.26. The van der Waals surface area contributed by atoms with E-state index in [-0.39, 0.29) is 42.5 Å². The summed E-state index contributed by atoms with van der Waals surface area (Å²) >= 11 is 0. The number of benzene rings is 2. The zero-order valence-electron chi connectivity index (χ0n) is 21.4. The number of hydrogen-bond donors (Lipinski definition) is 2. The molecule has 3 aromatic rings. The van der Waals surface area contributed by atoms with Gasteiger partial charge in [-0.25, -0.2) is 8.78 Å². The maximum absolute atomic E-state index is 14.7. The van der Waals surface area contributed by atoms with Crippen molar-refractivity contribution in [1.82, 2.24) is 15.2 Å². The highest BCUT2D eigenvalue weighted by atomic mass is 35.5. The van der Waals surface area contributed by atoms with Gasteiger partial charge in [-0.05, 0) is 86.9 Å². The summed E-state index contributed by atoms with van der Waals surface area (Å²) in [6.45, 7) is 1.10. The van der Waals surface area contributed by atoms with E-state index in [1.54, 1.807) is 18.2 Å². The fourth-order valence-corrected chi connectivity index (χ4v) is 5.97. The normalized spacial score (nSPS) is 17.3. The Morgan fingerprint density at radius 3 is 2.66 bits per heavy atom. The Bertz CT molecular complexity index is 1340. The van der Waals surface area contributed by atoms with Gasteiger partial charge in [0.2, 0.25) is 0 Å². The van der Waals surface area contributed by atoms with Gasteiger partial charge in [0, 0.05) is 41.3 Å². The number of fused-ring (bicyclic) bond motifs is 2. The lowest BCUT2D eigenvalue weighted by molar-refractivity contribution is 0.0936. The van der Waals surface area contributed by atoms with Gasteiger partial charge >= 0.3 is 0 Å². The van der Waals surface area contributed by atoms with Gasteiger partial charge in [-0.15, -0.1) is 12.4 Å². The van der Waals surface area contributed by atoms with Crippen molar-refractivity contribution in [2.24, 2.45) is 0 Å². The van der Waals surface area contributed by atoms with Crippen molar-refractivity contribution in [2.75, 3.05) is 13.2 Å². The number of aromatic nitrogens is 1. The molecule has 202 valence electrons. The lowest BCUT2D eigenvalue weighted by Crippen LogP contribution is -2.42. The summed E-state index contributed by atoms with van der Waals surface area (Å²) in [5.41, 5.74) is 4.04. The fourth-order valence-electron chi connectivity index (χ4n) is 5.97. The van der Waals surface area contributed by atoms with Crippen LogP contribution in [0.3, 0.4) is 0 Å². The van der Waals surface area contributed by atoms with E-state index in [1.165, 1.54) is 18.6 Å². The first-order valence-electron chi connectivity index (χ1n) is 13.6. The molecular formula is C30H34ClF2N3O2. The number of H-pyrrole nitrogens is 1. The Morgan fingerprint density at radius 1 is 1.08 bits per heavy atom. The van der Waals surface area contributed by atoms with E-state index in [0.717, 1.165) is 80.1 Å². The lowest BCUT2D eigenvalue weighted by atomic mass is 9.90. The van der Waals surface area contributed by atoms with Crippen LogP contribution in [0.4, 0.5) is 8.78 Å². The summed E-state index contributed by atoms with van der Waals surface area (Å²) in [5, 5.41) is 4.06. The number of carbonyl (C=O) groups is 1. The SMILES string of the molecule is Cl.O=C(NC1CCCC1)c1ccc(F)c2c1C=C(N(CCCc1c[nH]c3ccc(F)cc13)C1CCC1)CO2. The summed E-state index contributed by atoms with van der Waals surface area (Å²) in [5.74, 6) is -0.666. The summed E-state index contributed by atoms with van der Waals surface area (Å²) < 4.78 is 34.4. The Labute approximate surface area is 228 Å². The van der Waals surface area contributed by atoms with Crippen molar-refractivity contribution in [1.29, 1.82) is 0 Å². The molecule has 2 fully saturated rings. The second kappa shape index (κ2) is 11.4. The van der Waals surface area contributed by atoms with Crippen molar-refractivity contribution in [2.45, 2.75) is 69.9 Å². The highest BCUT2D eigenvalue weighted by Crippen LogP contribution is 2.36. The van der Waals surface area contributed by atoms with Crippen LogP contribution in [0.1, 0.15) is 72.9 Å². The first-order chi connectivity index (χ1) is 18.1. The molecule has 1 amide bonds. The molecule has 0 bridgehead atoms. The van der Waals surface area contributed by atoms with Gasteiger partial charge in [0.15, 0.2) is 11.6 Å². The van der Waals surface area contributed by atoms with Crippen LogP contribution in [0, 0.1) is 11.6 Å². The quantitative estimate of drug-likeness (QED) is 0.331. The molecule has 38 heavy (non-hydrogen) atoms. The number of nitrogens with one attached hydrogen (secondary N) is 2. The largest absolute Gasteiger partial charge is 0.484 e. The minimum Gasteiger partial charge on any atom is -0.484 e. The van der Waals surface area contributed by atoms with Crippen molar-refractivity contribution in [3.8, 4) is 5.75 Å². The molecule has 0 radical (unpaired) electrons. The van der Waals surface area contributed by atoms with Gasteiger partial charge in [0.25, 0.3) is 5.91 Å². The highest BCUT2D eigenvalue weighted by molar-refractivity contribution is 5.99. The molecule has 3 aliphatic rings. The van der Waals surface area contributed by atoms with E-state index in [2.05, 4.69) is 15.2 Å². The summed E-state index contributed by atoms with van der Waals surface area (Å²) in [4.78, 5) is 18.8. The predicted octanol–water partition coefficient (Wildman–Crippen LogP) is 6.76. The number of carbonyl (C=O) groups excluding carboxylic acids is 1. The van der Waals surface area contributed by atoms with Crippen molar-refractivity contribution in [3.63, 3.8) is 0 Å². The third-order valence-corrected chi connectivity index (χ3v) is 8.22. The van der Waals surface area contributed by atoms with Crippen LogP contribution >= 0.6 is 12.4 Å². The standard InChI is InChI=1S/C30H33F2N3O2.ClH/c31-20-10-13-28-25(15-20)19(17-33-28)5-4-14-35(22-8-3-9-22)23-16-26-24(11-12-27(32)29(26)37-18-23)30(36)34-21-6-1-2-7-21;/h10-13,15-17,21-22,33H,1-9,14,18H2,(H,34,36);1H. The summed E-state index contributed by atoms with van der Waals surface area (Å²) in [6, 6.07) is 8.34. The van der Waals surface area contributed by atoms with E-state index in [9.17, 15) is 13.6 Å². The number of ether oxygens (including phenoxy) is 1. The molecule has 0 spiro atoms. The maximum Gasteiger partial charge on any atom is 0.252 e. The minimum atomic E-state index is -0.440. The van der Waals surface area contributed by atoms with Gasteiger partial charge in [-0.2, -0.15) is 0 Å². The van der Waals surface area contributed by atoms with E-state index < -0.39 is 5.82 Å². The summed E-state index contributed by atoms with van der Waals surface area (Å²) in [7, 11) is 0. The molecule has 1 aliphatic heterocycles. The summed E-state index contributed by atoms with van der Waals surface area (Å²) in [6.07, 6.45) is 13.3. The third-order valence-electron chi connectivity index (χ3n) is 8.22. The van der Waals surface area contributed by atoms with Gasteiger partial charge in [0.1, 0.15) is 12.4 Å². The molecule has 0 unspecified atom stereocenters. The van der Waals surface area contributed by atoms with Crippen LogP contribution in [-0.2, 0) is 6.42 Å². The Morgan fingerprint density at radius 2 is 1.89 bits per heavy atom. The molecule has 0 atom stereocenters. The van der Waals surface area contributed by atoms with Crippen LogP contribution in [0.25, 0.3) is 17.0 Å². The van der Waals surface area contributed by atoms with E-state index >= 15 is 0 Å². The zero-order chi connectivity index (χ0) is 25.4. The molecule has 1 aromatic heterocycles. The van der Waals surface area contributed by atoms with Gasteiger partial charge in [-0.3, -0.25) is 4.79 Å². The Kier molecular flexibility index (Phi) is 7.93. The highest BCUT2D eigenvalue weighted by Gasteiger charge is 2.31. The molecule has 8 heteroatoms. The van der Waals surface area contributed by atoms with Gasteiger partial charge in [-0.1, -0.05) is 12.8 Å². The van der Waals surface area contributed by atoms with E-state index in [0.29, 0.717) is 17.2 Å². The van der Waals surface area contributed by atoms with E-state index in [1.807, 2.05) is 12.3 Å². The van der Waals surface area contributed by atoms with Crippen LogP contribution < -0.4 is 10.1 Å². The Hall–Kier alpha value is -3.06. The molecule has 5 nitrogen and oxygen atoms in total. The molecular weight excluding hydrogens is 508 g/mol. The fraction of sp³-hybridized carbons (Fsp3) is 0.433. The number of nitrogens with zero attached hydrogens (tertiary/aromatic N) is 1. The number of hydrogen-bond acceptors (Lipinski definition) is 3. The maximum atomic E-state index is 14.7. The van der Waals surface area contributed by atoms with Crippen molar-refractivity contribution in [3.05, 3.63) is 70.6 Å². The minimum absolute atomic E-state index is 0. The smallest absolute Gasteiger partial charge is 0.252 e. The first-order valence-corrected chi connectivity index (χ1v) is 13.6. The number of halogens is 3. The topological polar surface area (TPSA) is 57.4 Å². The molecule has 2 aliphatic carbocycles. The van der Waals surface area contributed by atoms with Crippen LogP contribution in [-0.4, -0.2) is 41.0 Å². The number of aromatic amines is 1. The van der Waals surface area contributed by atoms with E-state index in [4.69, 9.17) is 4.74 Å². The van der Waals surface area contributed by atoms with Crippen molar-refractivity contribution < 1.29 is 18.3 Å². The number of rotatable bonds is 8. The molecule has 2 saturated carbocycles. The van der Waals surface area contributed by atoms with Crippen LogP contribution in [0.2, 0.25) is 0 Å². The lowest BCUT2D eigenvalue weighted by Gasteiger charge is -2.41. The molecule has 2 heterocycles. The Balaban J connectivity index is 0.00000294. The average molecular weight is 542 g/mol. The molecule has 0 saturated heterocycles. The first kappa shape index (κ1) is 26.5. The number of amides is 1. The molecule has 6 rings (SSSR count). The van der Waals surface area contributed by atoms with Gasteiger partial charge in [0.05, 0.1) is 11.3 Å². The molecule has 2 aromatic carbocycles. The van der Waals surface area contributed by atoms with Crippen LogP contribution in [0.5, 0.6) is 5.75 Å². The zero-order valence-corrected chi connectivity index (χ0v) is 22.2. The predicted molar refractivity (Wildman–Crippen MR) is 148 cm³/mol. The molecule has 2 N–H and O–H groups in total. The second-order valence-electron chi connectivity index (χ2n) is 10.6. The second-order valence-corrected chi connectivity index (χ2v) is 10.6. The monoisotopic (exact) mass is 541 g/mol.